The van der Waals surface area contributed by atoms with Crippen LogP contribution in [-0.4, -0.2) is 30.0 Å². The molecule has 0 radical (unpaired) electrons. The molecule has 0 aliphatic rings. The second-order valence-corrected chi connectivity index (χ2v) is 7.69. The summed E-state index contributed by atoms with van der Waals surface area (Å²) in [7, 11) is 0. The molecule has 2 aromatic heterocycles. The molecular formula is C18H10Cl2IN7. The summed E-state index contributed by atoms with van der Waals surface area (Å²) in [6.07, 6.45) is 1.69. The average molecular weight is 522 g/mol. The van der Waals surface area contributed by atoms with E-state index in [9.17, 15) is 0 Å². The number of tetrazole rings is 1. The largest absolute Gasteiger partial charge is 0.225 e. The van der Waals surface area contributed by atoms with Crippen molar-refractivity contribution >= 4 is 45.8 Å². The minimum absolute atomic E-state index is 0.465. The van der Waals surface area contributed by atoms with Gasteiger partial charge in [0.25, 0.3) is 0 Å². The van der Waals surface area contributed by atoms with Crippen LogP contribution in [0.3, 0.4) is 0 Å². The topological polar surface area (TPSA) is 85.2 Å². The monoisotopic (exact) mass is 521 g/mol. The zero-order valence-electron chi connectivity index (χ0n) is 14.1. The van der Waals surface area contributed by atoms with Crippen LogP contribution in [0, 0.1) is 15.0 Å². The van der Waals surface area contributed by atoms with Crippen LogP contribution in [0.2, 0.25) is 10.0 Å². The molecule has 0 atom stereocenters. The molecule has 4 rings (SSSR count). The predicted octanol–water partition coefficient (Wildman–Crippen LogP) is 4.36. The lowest BCUT2D eigenvalue weighted by Gasteiger charge is -2.07. The Labute approximate surface area is 183 Å². The molecule has 2 heterocycles. The molecule has 0 fully saturated rings. The zero-order valence-corrected chi connectivity index (χ0v) is 17.8. The third kappa shape index (κ3) is 3.61. The normalized spacial score (nSPS) is 10.8. The van der Waals surface area contributed by atoms with E-state index in [4.69, 9.17) is 28.5 Å². The number of rotatable bonds is 4. The number of halogens is 3. The third-order valence-corrected chi connectivity index (χ3v) is 5.63. The van der Waals surface area contributed by atoms with Gasteiger partial charge in [-0.05, 0) is 68.9 Å². The number of hydrogen-bond donors (Lipinski definition) is 0. The quantitative estimate of drug-likeness (QED) is 0.372. The van der Waals surface area contributed by atoms with Gasteiger partial charge in [-0.2, -0.15) is 10.4 Å². The Kier molecular flexibility index (Phi) is 5.30. The van der Waals surface area contributed by atoms with E-state index >= 15 is 0 Å². The van der Waals surface area contributed by atoms with Crippen molar-refractivity contribution < 1.29 is 0 Å². The molecule has 0 saturated carbocycles. The van der Waals surface area contributed by atoms with E-state index in [0.29, 0.717) is 33.7 Å². The van der Waals surface area contributed by atoms with E-state index in [1.807, 2.05) is 12.1 Å². The second-order valence-electron chi connectivity index (χ2n) is 5.83. The van der Waals surface area contributed by atoms with Gasteiger partial charge in [0.05, 0.1) is 40.6 Å². The smallest absolute Gasteiger partial charge is 0.186 e. The van der Waals surface area contributed by atoms with Crippen molar-refractivity contribution in [1.29, 1.82) is 5.26 Å². The van der Waals surface area contributed by atoms with Crippen molar-refractivity contribution in [2.24, 2.45) is 0 Å². The number of nitriles is 1. The van der Waals surface area contributed by atoms with Gasteiger partial charge in [-0.3, -0.25) is 0 Å². The fourth-order valence-electron chi connectivity index (χ4n) is 2.66. The Balaban J connectivity index is 1.70. The molecule has 28 heavy (non-hydrogen) atoms. The van der Waals surface area contributed by atoms with Gasteiger partial charge < -0.3 is 0 Å². The Bertz CT molecular complexity index is 1190. The minimum atomic E-state index is 0.465. The van der Waals surface area contributed by atoms with Crippen LogP contribution < -0.4 is 0 Å². The average Bonchev–Trinajstić information content (AvgIpc) is 3.30. The van der Waals surface area contributed by atoms with Gasteiger partial charge in [0.2, 0.25) is 0 Å². The molecular weight excluding hydrogens is 512 g/mol. The van der Waals surface area contributed by atoms with Crippen LogP contribution in [0.25, 0.3) is 17.1 Å². The number of hydrogen-bond acceptors (Lipinski definition) is 5. The number of benzene rings is 2. The van der Waals surface area contributed by atoms with Gasteiger partial charge >= 0.3 is 0 Å². The fraction of sp³-hybridized carbons (Fsp3) is 0.0556. The minimum Gasteiger partial charge on any atom is -0.225 e. The Morgan fingerprint density at radius 3 is 2.64 bits per heavy atom. The molecule has 0 unspecified atom stereocenters. The van der Waals surface area contributed by atoms with E-state index in [1.54, 1.807) is 45.9 Å². The van der Waals surface area contributed by atoms with Gasteiger partial charge in [0, 0.05) is 5.02 Å². The summed E-state index contributed by atoms with van der Waals surface area (Å²) in [6.45, 7) is 0.465. The maximum Gasteiger partial charge on any atom is 0.186 e. The third-order valence-electron chi connectivity index (χ3n) is 4.04. The van der Waals surface area contributed by atoms with Crippen LogP contribution in [0.15, 0.2) is 48.7 Å². The van der Waals surface area contributed by atoms with E-state index in [1.165, 1.54) is 0 Å². The lowest BCUT2D eigenvalue weighted by Crippen LogP contribution is -2.05. The zero-order chi connectivity index (χ0) is 19.7. The standard InChI is InChI=1S/C18H10Cl2IN7/c19-13-5-6-15(20)16(7-13)28-17(21)14(9-23-28)18-24-25-26-27(18)10-12-3-1-11(8-22)2-4-12/h1-7,9H,10H2. The molecule has 4 aromatic rings. The van der Waals surface area contributed by atoms with Gasteiger partial charge in [0.1, 0.15) is 3.70 Å². The Morgan fingerprint density at radius 2 is 1.89 bits per heavy atom. The van der Waals surface area contributed by atoms with Crippen LogP contribution >= 0.6 is 45.8 Å². The highest BCUT2D eigenvalue weighted by Gasteiger charge is 2.19. The fourth-order valence-corrected chi connectivity index (χ4v) is 3.79. The van der Waals surface area contributed by atoms with Crippen molar-refractivity contribution in [3.8, 4) is 23.1 Å². The molecule has 10 heteroatoms. The van der Waals surface area contributed by atoms with Crippen molar-refractivity contribution in [2.75, 3.05) is 0 Å². The second kappa shape index (κ2) is 7.87. The molecule has 0 N–H and O–H groups in total. The summed E-state index contributed by atoms with van der Waals surface area (Å²) in [5, 5.41) is 26.5. The van der Waals surface area contributed by atoms with E-state index in [0.717, 1.165) is 14.8 Å². The summed E-state index contributed by atoms with van der Waals surface area (Å²) >= 11 is 14.6. The predicted molar refractivity (Wildman–Crippen MR) is 113 cm³/mol. The summed E-state index contributed by atoms with van der Waals surface area (Å²) in [4.78, 5) is 0. The molecule has 7 nitrogen and oxygen atoms in total. The lowest BCUT2D eigenvalue weighted by atomic mass is 10.1. The molecule has 0 aliphatic carbocycles. The van der Waals surface area contributed by atoms with Gasteiger partial charge in [0.15, 0.2) is 5.82 Å². The Hall–Kier alpha value is -2.48. The van der Waals surface area contributed by atoms with Crippen LogP contribution in [0.5, 0.6) is 0 Å². The van der Waals surface area contributed by atoms with E-state index < -0.39 is 0 Å². The number of nitrogens with zero attached hydrogens (tertiary/aromatic N) is 7. The first-order valence-electron chi connectivity index (χ1n) is 8.01. The van der Waals surface area contributed by atoms with Gasteiger partial charge in [-0.15, -0.1) is 5.10 Å². The molecule has 0 bridgehead atoms. The summed E-state index contributed by atoms with van der Waals surface area (Å²) in [5.41, 5.74) is 3.04. The Morgan fingerprint density at radius 1 is 1.11 bits per heavy atom. The summed E-state index contributed by atoms with van der Waals surface area (Å²) < 4.78 is 4.19. The lowest BCUT2D eigenvalue weighted by molar-refractivity contribution is 0.653. The van der Waals surface area contributed by atoms with Crippen LogP contribution in [0.4, 0.5) is 0 Å². The first-order valence-corrected chi connectivity index (χ1v) is 9.85. The van der Waals surface area contributed by atoms with Crippen LogP contribution in [0.1, 0.15) is 11.1 Å². The highest BCUT2D eigenvalue weighted by atomic mass is 127. The van der Waals surface area contributed by atoms with Gasteiger partial charge in [-0.1, -0.05) is 35.3 Å². The summed E-state index contributed by atoms with van der Waals surface area (Å²) in [5.74, 6) is 0.582. The number of aromatic nitrogens is 6. The first-order chi connectivity index (χ1) is 13.6. The van der Waals surface area contributed by atoms with Crippen molar-refractivity contribution in [1.82, 2.24) is 30.0 Å². The van der Waals surface area contributed by atoms with E-state index in [2.05, 4.69) is 49.3 Å². The molecule has 0 aliphatic heterocycles. The first kappa shape index (κ1) is 18.9. The molecule has 0 spiro atoms. The van der Waals surface area contributed by atoms with Crippen molar-refractivity contribution in [2.45, 2.75) is 6.54 Å². The highest BCUT2D eigenvalue weighted by Crippen LogP contribution is 2.30. The SMILES string of the molecule is N#Cc1ccc(Cn2nnnc2-c2cnn(-c3cc(Cl)ccc3Cl)c2I)cc1. The molecule has 2 aromatic carbocycles. The van der Waals surface area contributed by atoms with Crippen molar-refractivity contribution in [3.05, 3.63) is 73.5 Å². The maximum absolute atomic E-state index is 8.93. The van der Waals surface area contributed by atoms with Crippen molar-refractivity contribution in [3.63, 3.8) is 0 Å². The molecule has 0 amide bonds. The maximum atomic E-state index is 8.93. The van der Waals surface area contributed by atoms with Crippen LogP contribution in [-0.2, 0) is 6.54 Å². The molecule has 0 saturated heterocycles. The van der Waals surface area contributed by atoms with Gasteiger partial charge in [-0.25, -0.2) is 9.36 Å². The van der Waals surface area contributed by atoms with E-state index in [-0.39, 0.29) is 0 Å². The summed E-state index contributed by atoms with van der Waals surface area (Å²) in [6, 6.07) is 14.6. The highest BCUT2D eigenvalue weighted by molar-refractivity contribution is 14.1. The molecule has 138 valence electrons.